The lowest BCUT2D eigenvalue weighted by atomic mass is 10.0. The fourth-order valence-electron chi connectivity index (χ4n) is 10.9. The van der Waals surface area contributed by atoms with E-state index in [2.05, 4.69) is 288 Å². The highest BCUT2D eigenvalue weighted by molar-refractivity contribution is 6.12. The van der Waals surface area contributed by atoms with Gasteiger partial charge in [-0.05, 0) is 123 Å². The Morgan fingerprint density at radius 2 is 0.500 bits per heavy atom. The molecule has 14 aromatic rings. The van der Waals surface area contributed by atoms with Crippen molar-refractivity contribution in [2.24, 2.45) is 0 Å². The molecular weight excluding hydrogens is 897 g/mol. The number of hydrogen-bond acceptors (Lipinski definition) is 2. The van der Waals surface area contributed by atoms with Crippen molar-refractivity contribution in [2.75, 3.05) is 0 Å². The van der Waals surface area contributed by atoms with Crippen LogP contribution in [0.3, 0.4) is 0 Å². The summed E-state index contributed by atoms with van der Waals surface area (Å²) in [6, 6.07) is 100. The largest absolute Gasteiger partial charge is 0.309 e. The number of aromatic nitrogens is 4. The van der Waals surface area contributed by atoms with Crippen molar-refractivity contribution in [1.82, 2.24) is 19.1 Å². The zero-order chi connectivity index (χ0) is 49.0. The van der Waals surface area contributed by atoms with E-state index in [0.29, 0.717) is 5.82 Å². The Hall–Kier alpha value is -9.90. The van der Waals surface area contributed by atoms with Crippen LogP contribution in [0.2, 0.25) is 0 Å². The molecule has 0 unspecified atom stereocenters. The third-order valence-electron chi connectivity index (χ3n) is 14.6. The maximum atomic E-state index is 5.24. The molecule has 0 saturated carbocycles. The van der Waals surface area contributed by atoms with Crippen LogP contribution in [-0.4, -0.2) is 19.1 Å². The smallest absolute Gasteiger partial charge is 0.160 e. The maximum Gasteiger partial charge on any atom is 0.160 e. The van der Waals surface area contributed by atoms with Gasteiger partial charge in [0.05, 0.1) is 33.5 Å². The molecule has 14 rings (SSSR count). The molecule has 74 heavy (non-hydrogen) atoms. The zero-order valence-electron chi connectivity index (χ0n) is 40.3. The van der Waals surface area contributed by atoms with Crippen LogP contribution in [0.15, 0.2) is 279 Å². The van der Waals surface area contributed by atoms with E-state index in [0.717, 1.165) is 50.5 Å². The Labute approximate surface area is 429 Å². The van der Waals surface area contributed by atoms with Gasteiger partial charge in [0.2, 0.25) is 0 Å². The SMILES string of the molecule is c1ccc(-c2ccc(-c3cc(-c4ccc(-c5ccccc5)cc4)nc(-c4ccc(-n5c6ccccc6c6cc(-c7ccc8c(c7)c7ccccc7n8-c7ccc(-c8ccccc8)cc7)ccc65)cc4)n3)cc2)cc1. The van der Waals surface area contributed by atoms with Crippen molar-refractivity contribution in [3.05, 3.63) is 279 Å². The Kier molecular flexibility index (Phi) is 10.5. The van der Waals surface area contributed by atoms with E-state index in [9.17, 15) is 0 Å². The standard InChI is InChI=1S/C70H46N4/c1-4-14-47(15-5-1)50-24-28-53(29-25-50)64-46-65(54-30-26-51(27-31-54)48-16-6-2-7-17-48)72-70(71-64)55-34-40-59(41-35-55)74-67-23-13-11-21-61(67)63-45-57(37-43-69(63)74)56-36-42-68-62(44-56)60-20-10-12-22-66(60)73(68)58-38-32-52(33-39-58)49-18-8-3-9-19-49/h1-46H. The van der Waals surface area contributed by atoms with Gasteiger partial charge in [0, 0.05) is 49.6 Å². The molecule has 3 aromatic heterocycles. The first-order valence-electron chi connectivity index (χ1n) is 25.2. The number of benzene rings is 11. The van der Waals surface area contributed by atoms with Crippen LogP contribution in [0, 0.1) is 0 Å². The van der Waals surface area contributed by atoms with Crippen molar-refractivity contribution < 1.29 is 0 Å². The number of nitrogens with zero attached hydrogens (tertiary/aromatic N) is 4. The highest BCUT2D eigenvalue weighted by atomic mass is 15.0. The molecule has 4 heteroatoms. The fraction of sp³-hybridized carbons (Fsp3) is 0. The maximum absolute atomic E-state index is 5.24. The van der Waals surface area contributed by atoms with E-state index in [1.54, 1.807) is 0 Å². The summed E-state index contributed by atoms with van der Waals surface area (Å²) in [7, 11) is 0. The third-order valence-corrected chi connectivity index (χ3v) is 14.6. The summed E-state index contributed by atoms with van der Waals surface area (Å²) in [6.45, 7) is 0. The summed E-state index contributed by atoms with van der Waals surface area (Å²) >= 11 is 0. The molecule has 3 heterocycles. The minimum Gasteiger partial charge on any atom is -0.309 e. The van der Waals surface area contributed by atoms with Gasteiger partial charge in [0.1, 0.15) is 0 Å². The van der Waals surface area contributed by atoms with Gasteiger partial charge in [0.25, 0.3) is 0 Å². The Morgan fingerprint density at radius 3 is 0.905 bits per heavy atom. The summed E-state index contributed by atoms with van der Waals surface area (Å²) < 4.78 is 4.77. The molecule has 4 nitrogen and oxygen atoms in total. The molecule has 0 aliphatic heterocycles. The van der Waals surface area contributed by atoms with E-state index in [4.69, 9.17) is 9.97 Å². The van der Waals surface area contributed by atoms with Crippen molar-refractivity contribution in [1.29, 1.82) is 0 Å². The monoisotopic (exact) mass is 942 g/mol. The lowest BCUT2D eigenvalue weighted by molar-refractivity contribution is 1.16. The number of hydrogen-bond donors (Lipinski definition) is 0. The minimum atomic E-state index is 0.677. The quantitative estimate of drug-likeness (QED) is 0.145. The van der Waals surface area contributed by atoms with Crippen molar-refractivity contribution in [2.45, 2.75) is 0 Å². The van der Waals surface area contributed by atoms with Crippen LogP contribution < -0.4 is 0 Å². The van der Waals surface area contributed by atoms with Crippen LogP contribution in [-0.2, 0) is 0 Å². The first-order chi connectivity index (χ1) is 36.7. The summed E-state index contributed by atoms with van der Waals surface area (Å²) in [4.78, 5) is 10.5. The Balaban J connectivity index is 0.822. The van der Waals surface area contributed by atoms with Gasteiger partial charge in [0.15, 0.2) is 5.82 Å². The van der Waals surface area contributed by atoms with Gasteiger partial charge >= 0.3 is 0 Å². The third kappa shape index (κ3) is 7.65. The van der Waals surface area contributed by atoms with E-state index in [1.807, 2.05) is 0 Å². The van der Waals surface area contributed by atoms with Crippen LogP contribution in [0.4, 0.5) is 0 Å². The van der Waals surface area contributed by atoms with Gasteiger partial charge < -0.3 is 9.13 Å². The van der Waals surface area contributed by atoms with Gasteiger partial charge in [-0.3, -0.25) is 0 Å². The molecule has 0 spiro atoms. The fourth-order valence-corrected chi connectivity index (χ4v) is 10.9. The summed E-state index contributed by atoms with van der Waals surface area (Å²) in [5, 5.41) is 4.89. The van der Waals surface area contributed by atoms with Crippen LogP contribution in [0.1, 0.15) is 0 Å². The van der Waals surface area contributed by atoms with Crippen molar-refractivity contribution in [3.8, 4) is 89.8 Å². The highest BCUT2D eigenvalue weighted by Crippen LogP contribution is 2.39. The molecule has 0 aliphatic carbocycles. The molecule has 0 N–H and O–H groups in total. The lowest BCUT2D eigenvalue weighted by Gasteiger charge is -2.12. The summed E-state index contributed by atoms with van der Waals surface area (Å²) in [5.41, 5.74) is 21.2. The lowest BCUT2D eigenvalue weighted by Crippen LogP contribution is -1.97. The molecule has 0 aliphatic rings. The van der Waals surface area contributed by atoms with Gasteiger partial charge in [-0.25, -0.2) is 9.97 Å². The Morgan fingerprint density at radius 1 is 0.203 bits per heavy atom. The molecule has 346 valence electrons. The van der Waals surface area contributed by atoms with E-state index in [1.165, 1.54) is 77.1 Å². The molecule has 0 atom stereocenters. The molecule has 0 bridgehead atoms. The normalized spacial score (nSPS) is 11.5. The molecular formula is C70H46N4. The van der Waals surface area contributed by atoms with Gasteiger partial charge in [-0.15, -0.1) is 0 Å². The number of para-hydroxylation sites is 2. The average Bonchev–Trinajstić information content (AvgIpc) is 4.00. The second-order valence-corrected chi connectivity index (χ2v) is 19.0. The van der Waals surface area contributed by atoms with E-state index < -0.39 is 0 Å². The second kappa shape index (κ2) is 18.1. The molecule has 0 saturated heterocycles. The van der Waals surface area contributed by atoms with Crippen molar-refractivity contribution in [3.63, 3.8) is 0 Å². The van der Waals surface area contributed by atoms with Gasteiger partial charge in [-0.2, -0.15) is 0 Å². The van der Waals surface area contributed by atoms with Crippen LogP contribution in [0.5, 0.6) is 0 Å². The first-order valence-corrected chi connectivity index (χ1v) is 25.2. The minimum absolute atomic E-state index is 0.677. The van der Waals surface area contributed by atoms with Crippen molar-refractivity contribution >= 4 is 43.6 Å². The first kappa shape index (κ1) is 42.9. The van der Waals surface area contributed by atoms with Gasteiger partial charge in [-0.1, -0.05) is 200 Å². The average molecular weight is 943 g/mol. The topological polar surface area (TPSA) is 35.6 Å². The van der Waals surface area contributed by atoms with E-state index in [-0.39, 0.29) is 0 Å². The second-order valence-electron chi connectivity index (χ2n) is 19.0. The summed E-state index contributed by atoms with van der Waals surface area (Å²) in [5.74, 6) is 0.677. The highest BCUT2D eigenvalue weighted by Gasteiger charge is 2.18. The molecule has 0 fully saturated rings. The molecule has 11 aromatic carbocycles. The predicted molar refractivity (Wildman–Crippen MR) is 309 cm³/mol. The number of fused-ring (bicyclic) bond motifs is 6. The van der Waals surface area contributed by atoms with E-state index >= 15 is 0 Å². The Bertz CT molecular complexity index is 4240. The summed E-state index contributed by atoms with van der Waals surface area (Å²) in [6.07, 6.45) is 0. The van der Waals surface area contributed by atoms with Crippen LogP contribution in [0.25, 0.3) is 133 Å². The number of rotatable bonds is 9. The molecule has 0 radical (unpaired) electrons. The predicted octanol–water partition coefficient (Wildman–Crippen LogP) is 18.3. The molecule has 0 amide bonds. The zero-order valence-corrected chi connectivity index (χ0v) is 40.3. The van der Waals surface area contributed by atoms with Crippen LogP contribution >= 0.6 is 0 Å².